The number of fused-ring (bicyclic) bond motifs is 3. The number of benzene rings is 1. The maximum absolute atomic E-state index is 11.8. The van der Waals surface area contributed by atoms with Crippen molar-refractivity contribution < 1.29 is 4.79 Å². The lowest BCUT2D eigenvalue weighted by atomic mass is 10.1. The zero-order chi connectivity index (χ0) is 13.4. The van der Waals surface area contributed by atoms with Crippen LogP contribution in [0.1, 0.15) is 13.8 Å². The van der Waals surface area contributed by atoms with Gasteiger partial charge in [-0.3, -0.25) is 9.78 Å². The fourth-order valence-corrected chi connectivity index (χ4v) is 2.60. The summed E-state index contributed by atoms with van der Waals surface area (Å²) in [5.74, 6) is 0.538. The van der Waals surface area contributed by atoms with Gasteiger partial charge in [-0.05, 0) is 12.0 Å². The van der Waals surface area contributed by atoms with E-state index in [-0.39, 0.29) is 5.91 Å². The Labute approximate surface area is 112 Å². The van der Waals surface area contributed by atoms with E-state index in [0.717, 1.165) is 28.8 Å². The average molecular weight is 255 g/mol. The molecular weight excluding hydrogens is 238 g/mol. The number of hydrogen-bond donors (Lipinski definition) is 1. The first-order chi connectivity index (χ1) is 9.15. The Morgan fingerprint density at radius 1 is 1.37 bits per heavy atom. The first-order valence-corrected chi connectivity index (χ1v) is 6.57. The molecule has 0 aliphatic carbocycles. The summed E-state index contributed by atoms with van der Waals surface area (Å²) in [5, 5.41) is 4.01. The SMILES string of the molecule is CC(C)CN1CC(=O)Nc2cnc3ccccc3c21. The first-order valence-electron chi connectivity index (χ1n) is 6.57. The fourth-order valence-electron chi connectivity index (χ4n) is 2.60. The van der Waals surface area contributed by atoms with Crippen molar-refractivity contribution in [1.29, 1.82) is 0 Å². The smallest absolute Gasteiger partial charge is 0.243 e. The van der Waals surface area contributed by atoms with E-state index < -0.39 is 0 Å². The zero-order valence-corrected chi connectivity index (χ0v) is 11.2. The van der Waals surface area contributed by atoms with E-state index in [9.17, 15) is 4.79 Å². The Morgan fingerprint density at radius 3 is 2.95 bits per heavy atom. The van der Waals surface area contributed by atoms with Crippen molar-refractivity contribution in [2.75, 3.05) is 23.3 Å². The topological polar surface area (TPSA) is 45.2 Å². The molecule has 4 nitrogen and oxygen atoms in total. The van der Waals surface area contributed by atoms with Crippen LogP contribution in [0.3, 0.4) is 0 Å². The molecule has 0 fully saturated rings. The predicted octanol–water partition coefficient (Wildman–Crippen LogP) is 2.65. The van der Waals surface area contributed by atoms with E-state index in [1.165, 1.54) is 0 Å². The molecule has 0 bridgehead atoms. The van der Waals surface area contributed by atoms with E-state index in [1.807, 2.05) is 18.2 Å². The van der Waals surface area contributed by atoms with Crippen LogP contribution in [0.4, 0.5) is 11.4 Å². The predicted molar refractivity (Wildman–Crippen MR) is 77.4 cm³/mol. The van der Waals surface area contributed by atoms with Gasteiger partial charge in [-0.25, -0.2) is 0 Å². The molecule has 0 radical (unpaired) electrons. The molecular formula is C15H17N3O. The minimum absolute atomic E-state index is 0.0326. The fraction of sp³-hybridized carbons (Fsp3) is 0.333. The quantitative estimate of drug-likeness (QED) is 0.897. The molecule has 1 aromatic heterocycles. The molecule has 0 unspecified atom stereocenters. The second kappa shape index (κ2) is 4.53. The number of carbonyl (C=O) groups excluding carboxylic acids is 1. The van der Waals surface area contributed by atoms with Gasteiger partial charge in [-0.2, -0.15) is 0 Å². The molecule has 0 atom stereocenters. The Morgan fingerprint density at radius 2 is 2.16 bits per heavy atom. The van der Waals surface area contributed by atoms with Crippen LogP contribution in [0.2, 0.25) is 0 Å². The highest BCUT2D eigenvalue weighted by atomic mass is 16.2. The second-order valence-electron chi connectivity index (χ2n) is 5.36. The normalized spacial score (nSPS) is 14.7. The first kappa shape index (κ1) is 12.0. The molecule has 0 saturated carbocycles. The number of nitrogens with zero attached hydrogens (tertiary/aromatic N) is 2. The van der Waals surface area contributed by atoms with Crippen molar-refractivity contribution >= 4 is 28.2 Å². The third-order valence-corrected chi connectivity index (χ3v) is 3.26. The van der Waals surface area contributed by atoms with Gasteiger partial charge in [-0.1, -0.05) is 32.0 Å². The summed E-state index contributed by atoms with van der Waals surface area (Å²) in [5.41, 5.74) is 2.88. The van der Waals surface area contributed by atoms with Gasteiger partial charge in [-0.15, -0.1) is 0 Å². The largest absolute Gasteiger partial charge is 0.360 e. The van der Waals surface area contributed by atoms with Gasteiger partial charge in [0.2, 0.25) is 5.91 Å². The number of carbonyl (C=O) groups is 1. The minimum Gasteiger partial charge on any atom is -0.360 e. The summed E-state index contributed by atoms with van der Waals surface area (Å²) in [6.07, 6.45) is 1.75. The van der Waals surface area contributed by atoms with Crippen LogP contribution in [-0.4, -0.2) is 24.0 Å². The Kier molecular flexibility index (Phi) is 2.85. The summed E-state index contributed by atoms with van der Waals surface area (Å²) in [6.45, 7) is 5.61. The second-order valence-corrected chi connectivity index (χ2v) is 5.36. The van der Waals surface area contributed by atoms with Gasteiger partial charge in [0.05, 0.1) is 29.6 Å². The Hall–Kier alpha value is -2.10. The number of anilines is 2. The maximum Gasteiger partial charge on any atom is 0.243 e. The van der Waals surface area contributed by atoms with Gasteiger partial charge in [0.15, 0.2) is 0 Å². The molecule has 1 amide bonds. The molecule has 0 saturated heterocycles. The molecule has 19 heavy (non-hydrogen) atoms. The molecule has 1 aromatic carbocycles. The van der Waals surface area contributed by atoms with E-state index >= 15 is 0 Å². The molecule has 98 valence electrons. The van der Waals surface area contributed by atoms with Crippen LogP contribution in [0, 0.1) is 5.92 Å². The van der Waals surface area contributed by atoms with Crippen molar-refractivity contribution in [3.05, 3.63) is 30.5 Å². The molecule has 1 aliphatic rings. The van der Waals surface area contributed by atoms with Crippen LogP contribution in [0.5, 0.6) is 0 Å². The van der Waals surface area contributed by atoms with E-state index in [4.69, 9.17) is 0 Å². The lowest BCUT2D eigenvalue weighted by molar-refractivity contribution is -0.115. The van der Waals surface area contributed by atoms with Gasteiger partial charge in [0.1, 0.15) is 0 Å². The highest BCUT2D eigenvalue weighted by Gasteiger charge is 2.24. The third-order valence-electron chi connectivity index (χ3n) is 3.26. The Balaban J connectivity index is 2.18. The molecule has 4 heteroatoms. The van der Waals surface area contributed by atoms with Gasteiger partial charge >= 0.3 is 0 Å². The maximum atomic E-state index is 11.8. The number of rotatable bonds is 2. The number of amides is 1. The van der Waals surface area contributed by atoms with Gasteiger partial charge in [0, 0.05) is 11.9 Å². The van der Waals surface area contributed by atoms with Crippen LogP contribution in [0.15, 0.2) is 30.5 Å². The molecule has 1 aliphatic heterocycles. The summed E-state index contributed by atoms with van der Waals surface area (Å²) in [4.78, 5) is 18.3. The van der Waals surface area contributed by atoms with Crippen molar-refractivity contribution in [1.82, 2.24) is 4.98 Å². The number of pyridine rings is 1. The van der Waals surface area contributed by atoms with Gasteiger partial charge in [0.25, 0.3) is 0 Å². The number of nitrogens with one attached hydrogen (secondary N) is 1. The molecule has 3 rings (SSSR count). The van der Waals surface area contributed by atoms with Crippen molar-refractivity contribution in [3.63, 3.8) is 0 Å². The molecule has 2 aromatic rings. The average Bonchev–Trinajstić information content (AvgIpc) is 2.37. The van der Waals surface area contributed by atoms with Crippen LogP contribution in [0.25, 0.3) is 10.9 Å². The summed E-state index contributed by atoms with van der Waals surface area (Å²) in [7, 11) is 0. The van der Waals surface area contributed by atoms with E-state index in [1.54, 1.807) is 6.20 Å². The third kappa shape index (κ3) is 2.14. The van der Waals surface area contributed by atoms with Crippen LogP contribution < -0.4 is 10.2 Å². The highest BCUT2D eigenvalue weighted by molar-refractivity contribution is 6.08. The number of para-hydroxylation sites is 1. The van der Waals surface area contributed by atoms with E-state index in [0.29, 0.717) is 12.5 Å². The number of aromatic nitrogens is 1. The number of hydrogen-bond acceptors (Lipinski definition) is 3. The Bertz CT molecular complexity index is 636. The van der Waals surface area contributed by atoms with Crippen LogP contribution in [-0.2, 0) is 4.79 Å². The molecule has 2 heterocycles. The summed E-state index contributed by atoms with van der Waals surface area (Å²) < 4.78 is 0. The van der Waals surface area contributed by atoms with E-state index in [2.05, 4.69) is 35.1 Å². The highest BCUT2D eigenvalue weighted by Crippen LogP contribution is 2.35. The molecule has 1 N–H and O–H groups in total. The standard InChI is InChI=1S/C15H17N3O/c1-10(2)8-18-9-14(19)17-13-7-16-12-6-4-3-5-11(12)15(13)18/h3-7,10H,8-9H2,1-2H3,(H,17,19). The lowest BCUT2D eigenvalue weighted by Gasteiger charge is -2.32. The van der Waals surface area contributed by atoms with Crippen molar-refractivity contribution in [2.45, 2.75) is 13.8 Å². The van der Waals surface area contributed by atoms with Crippen molar-refractivity contribution in [2.24, 2.45) is 5.92 Å². The summed E-state index contributed by atoms with van der Waals surface area (Å²) in [6, 6.07) is 8.05. The van der Waals surface area contributed by atoms with Gasteiger partial charge < -0.3 is 10.2 Å². The molecule has 0 spiro atoms. The zero-order valence-electron chi connectivity index (χ0n) is 11.2. The van der Waals surface area contributed by atoms with Crippen LogP contribution >= 0.6 is 0 Å². The summed E-state index contributed by atoms with van der Waals surface area (Å²) >= 11 is 0. The monoisotopic (exact) mass is 255 g/mol. The lowest BCUT2D eigenvalue weighted by Crippen LogP contribution is -2.40. The van der Waals surface area contributed by atoms with Crippen molar-refractivity contribution in [3.8, 4) is 0 Å². The minimum atomic E-state index is 0.0326.